The molecule has 0 aromatic heterocycles. The molecule has 3 rings (SSSR count). The summed E-state index contributed by atoms with van der Waals surface area (Å²) in [5.74, 6) is 3.01. The summed E-state index contributed by atoms with van der Waals surface area (Å²) in [5.41, 5.74) is 0. The lowest BCUT2D eigenvalue weighted by molar-refractivity contribution is 0.248. The zero-order chi connectivity index (χ0) is 8.29. The highest BCUT2D eigenvalue weighted by atomic mass is 16.4. The van der Waals surface area contributed by atoms with E-state index < -0.39 is 0 Å². The summed E-state index contributed by atoms with van der Waals surface area (Å²) in [6, 6.07) is 0. The van der Waals surface area contributed by atoms with Gasteiger partial charge in [-0.05, 0) is 42.9 Å². The predicted molar refractivity (Wildman–Crippen MR) is 44.4 cm³/mol. The number of aliphatic hydroxyl groups excluding tert-OH is 1. The molecule has 3 aliphatic carbocycles. The van der Waals surface area contributed by atoms with E-state index >= 15 is 0 Å². The molecule has 3 fully saturated rings. The molecule has 1 N–H and O–H groups in total. The van der Waals surface area contributed by atoms with E-state index in [2.05, 4.69) is 0 Å². The van der Waals surface area contributed by atoms with Crippen LogP contribution >= 0.6 is 0 Å². The maximum atomic E-state index is 9.22. The number of rotatable bonds is 3. The van der Waals surface area contributed by atoms with Crippen LogP contribution in [0.2, 0.25) is 0 Å². The minimum Gasteiger partial charge on any atom is -0.445 e. The lowest BCUT2D eigenvalue weighted by Gasteiger charge is -1.96. The summed E-state index contributed by atoms with van der Waals surface area (Å²) in [4.78, 5) is 0. The van der Waals surface area contributed by atoms with Crippen LogP contribution in [0.5, 0.6) is 0 Å². The molecule has 0 saturated heterocycles. The Kier molecular flexibility index (Phi) is 1.40. The first kappa shape index (κ1) is 7.39. The summed E-state index contributed by atoms with van der Waals surface area (Å²) in [5, 5.41) is 9.22. The Bertz CT molecular complexity index is 209. The van der Waals surface area contributed by atoms with Gasteiger partial charge in [-0.25, -0.2) is 0 Å². The normalized spacial score (nSPS) is 61.4. The molecule has 12 heavy (non-hydrogen) atoms. The Labute approximate surface area is 73.7 Å². The van der Waals surface area contributed by atoms with Crippen LogP contribution in [0.1, 0.15) is 19.3 Å². The first-order valence-electron chi connectivity index (χ1n) is 4.85. The zero-order valence-corrected chi connectivity index (χ0v) is 7.02. The fraction of sp³-hybridized carbons (Fsp3) is 1.00. The van der Waals surface area contributed by atoms with Crippen molar-refractivity contribution in [1.82, 2.24) is 0 Å². The Balaban J connectivity index is 1.50. The van der Waals surface area contributed by atoms with E-state index in [0.717, 1.165) is 30.6 Å². The third-order valence-corrected chi connectivity index (χ3v) is 3.75. The lowest BCUT2D eigenvalue weighted by atomic mass is 10.1. The fourth-order valence-corrected chi connectivity index (χ4v) is 2.68. The molecule has 2 nitrogen and oxygen atoms in total. The van der Waals surface area contributed by atoms with Crippen LogP contribution in [-0.2, 0) is 4.65 Å². The molecule has 0 aromatic carbocycles. The summed E-state index contributed by atoms with van der Waals surface area (Å²) in [6.07, 6.45) is 3.88. The standard InChI is InChI=1S/C9H13BO2/c10-12-9-3-7(9)5-1-4(5)6-2-8(6)11/h4-9,11H,1-3H2. The van der Waals surface area contributed by atoms with E-state index in [9.17, 15) is 5.11 Å². The number of hydrogen-bond acceptors (Lipinski definition) is 2. The van der Waals surface area contributed by atoms with Crippen molar-refractivity contribution in [3.63, 3.8) is 0 Å². The van der Waals surface area contributed by atoms with Crippen LogP contribution in [0, 0.1) is 23.7 Å². The summed E-state index contributed by atoms with van der Waals surface area (Å²) in [6.45, 7) is 0. The molecule has 3 aliphatic rings. The van der Waals surface area contributed by atoms with Gasteiger partial charge in [0.05, 0.1) is 6.10 Å². The van der Waals surface area contributed by atoms with Gasteiger partial charge >= 0.3 is 0 Å². The molecule has 0 aliphatic heterocycles. The zero-order valence-electron chi connectivity index (χ0n) is 7.02. The van der Waals surface area contributed by atoms with Crippen LogP contribution in [-0.4, -0.2) is 25.4 Å². The maximum absolute atomic E-state index is 9.22. The number of hydrogen-bond donors (Lipinski definition) is 1. The SMILES string of the molecule is [B]OC1CC1C1CC1C1CC1O. The van der Waals surface area contributed by atoms with E-state index in [0.29, 0.717) is 12.0 Å². The molecule has 2 radical (unpaired) electrons. The van der Waals surface area contributed by atoms with Gasteiger partial charge in [-0.1, -0.05) is 0 Å². The van der Waals surface area contributed by atoms with Gasteiger partial charge < -0.3 is 9.76 Å². The highest BCUT2D eigenvalue weighted by molar-refractivity contribution is 5.98. The fourth-order valence-electron chi connectivity index (χ4n) is 2.68. The summed E-state index contributed by atoms with van der Waals surface area (Å²) < 4.78 is 4.79. The molecule has 0 bridgehead atoms. The van der Waals surface area contributed by atoms with Gasteiger partial charge in [-0.3, -0.25) is 0 Å². The minimum atomic E-state index is 0.0241. The van der Waals surface area contributed by atoms with Crippen LogP contribution in [0.3, 0.4) is 0 Å². The molecule has 64 valence electrons. The third kappa shape index (κ3) is 1.03. The molecule has 0 amide bonds. The van der Waals surface area contributed by atoms with E-state index in [1.807, 2.05) is 0 Å². The molecule has 6 unspecified atom stereocenters. The van der Waals surface area contributed by atoms with E-state index in [4.69, 9.17) is 12.7 Å². The van der Waals surface area contributed by atoms with Crippen LogP contribution in [0.25, 0.3) is 0 Å². The minimum absolute atomic E-state index is 0.0241. The third-order valence-electron chi connectivity index (χ3n) is 3.75. The van der Waals surface area contributed by atoms with Gasteiger partial charge in [0.25, 0.3) is 8.05 Å². The Morgan fingerprint density at radius 2 is 1.67 bits per heavy atom. The average molecular weight is 164 g/mol. The van der Waals surface area contributed by atoms with Crippen molar-refractivity contribution in [2.45, 2.75) is 31.5 Å². The van der Waals surface area contributed by atoms with Crippen LogP contribution in [0.4, 0.5) is 0 Å². The van der Waals surface area contributed by atoms with Crippen molar-refractivity contribution >= 4 is 8.05 Å². The molecular formula is C9H13BO2. The van der Waals surface area contributed by atoms with Crippen molar-refractivity contribution in [1.29, 1.82) is 0 Å². The topological polar surface area (TPSA) is 29.5 Å². The second-order valence-electron chi connectivity index (χ2n) is 4.60. The molecule has 0 spiro atoms. The van der Waals surface area contributed by atoms with Crippen molar-refractivity contribution in [3.05, 3.63) is 0 Å². The van der Waals surface area contributed by atoms with Crippen molar-refractivity contribution in [2.75, 3.05) is 0 Å². The molecule has 0 aromatic rings. The largest absolute Gasteiger partial charge is 0.445 e. The molecular weight excluding hydrogens is 151 g/mol. The lowest BCUT2D eigenvalue weighted by Crippen LogP contribution is -1.97. The second-order valence-corrected chi connectivity index (χ2v) is 4.60. The van der Waals surface area contributed by atoms with E-state index in [-0.39, 0.29) is 6.10 Å². The number of aliphatic hydroxyl groups is 1. The monoisotopic (exact) mass is 164 g/mol. The molecule has 3 heteroatoms. The van der Waals surface area contributed by atoms with Gasteiger partial charge in [-0.2, -0.15) is 0 Å². The summed E-state index contributed by atoms with van der Waals surface area (Å²) >= 11 is 0. The first-order valence-corrected chi connectivity index (χ1v) is 4.85. The van der Waals surface area contributed by atoms with E-state index in [1.54, 1.807) is 0 Å². The predicted octanol–water partition coefficient (Wildman–Crippen LogP) is 0.492. The van der Waals surface area contributed by atoms with Crippen LogP contribution < -0.4 is 0 Å². The first-order chi connectivity index (χ1) is 5.81. The molecule has 3 saturated carbocycles. The van der Waals surface area contributed by atoms with Gasteiger partial charge in [-0.15, -0.1) is 0 Å². The van der Waals surface area contributed by atoms with Gasteiger partial charge in [0, 0.05) is 6.10 Å². The average Bonchev–Trinajstić information content (AvgIpc) is 2.89. The highest BCUT2D eigenvalue weighted by Gasteiger charge is 2.60. The molecule has 0 heterocycles. The smallest absolute Gasteiger partial charge is 0.283 e. The van der Waals surface area contributed by atoms with Gasteiger partial charge in [0.1, 0.15) is 0 Å². The summed E-state index contributed by atoms with van der Waals surface area (Å²) in [7, 11) is 5.10. The Morgan fingerprint density at radius 3 is 2.17 bits per heavy atom. The van der Waals surface area contributed by atoms with Crippen molar-refractivity contribution in [3.8, 4) is 0 Å². The molecule has 6 atom stereocenters. The maximum Gasteiger partial charge on any atom is 0.283 e. The van der Waals surface area contributed by atoms with Gasteiger partial charge in [0.15, 0.2) is 0 Å². The van der Waals surface area contributed by atoms with Crippen molar-refractivity contribution < 1.29 is 9.76 Å². The van der Waals surface area contributed by atoms with E-state index in [1.165, 1.54) is 6.42 Å². The van der Waals surface area contributed by atoms with Gasteiger partial charge in [0.2, 0.25) is 0 Å². The Hall–Kier alpha value is -0.0151. The highest BCUT2D eigenvalue weighted by Crippen LogP contribution is 2.62. The van der Waals surface area contributed by atoms with Crippen molar-refractivity contribution in [2.24, 2.45) is 23.7 Å². The van der Waals surface area contributed by atoms with Crippen LogP contribution in [0.15, 0.2) is 0 Å². The second kappa shape index (κ2) is 2.27. The quantitative estimate of drug-likeness (QED) is 0.615. The Morgan fingerprint density at radius 1 is 1.00 bits per heavy atom.